The van der Waals surface area contributed by atoms with Crippen molar-refractivity contribution in [2.45, 2.75) is 19.9 Å². The van der Waals surface area contributed by atoms with Gasteiger partial charge in [-0.3, -0.25) is 4.79 Å². The second kappa shape index (κ2) is 8.34. The Morgan fingerprint density at radius 2 is 1.62 bits per heavy atom. The third kappa shape index (κ3) is 4.98. The molecule has 0 radical (unpaired) electrons. The zero-order valence-electron chi connectivity index (χ0n) is 14.1. The Kier molecular flexibility index (Phi) is 6.18. The molecular formula is C19H22FNO3. The van der Waals surface area contributed by atoms with Crippen LogP contribution in [0.1, 0.15) is 25.5 Å². The maximum atomic E-state index is 13.1. The van der Waals surface area contributed by atoms with Crippen molar-refractivity contribution in [3.05, 3.63) is 59.9 Å². The van der Waals surface area contributed by atoms with Gasteiger partial charge >= 0.3 is 0 Å². The average molecular weight is 331 g/mol. The molecule has 0 aromatic heterocycles. The Bertz CT molecular complexity index is 653. The van der Waals surface area contributed by atoms with Crippen LogP contribution in [-0.4, -0.2) is 19.6 Å². The van der Waals surface area contributed by atoms with Crippen molar-refractivity contribution in [2.75, 3.05) is 13.7 Å². The summed E-state index contributed by atoms with van der Waals surface area (Å²) in [6.07, 6.45) is 0. The molecule has 0 saturated heterocycles. The number of carbonyl (C=O) groups is 1. The Labute approximate surface area is 141 Å². The number of nitrogens with one attached hydrogen (secondary N) is 1. The van der Waals surface area contributed by atoms with Crippen LogP contribution in [0.15, 0.2) is 48.5 Å². The van der Waals surface area contributed by atoms with E-state index in [1.165, 1.54) is 12.1 Å². The molecular weight excluding hydrogens is 309 g/mol. The number of methoxy groups -OCH3 is 1. The number of hydrogen-bond acceptors (Lipinski definition) is 3. The van der Waals surface area contributed by atoms with Gasteiger partial charge in [-0.2, -0.15) is 0 Å². The highest BCUT2D eigenvalue weighted by atomic mass is 19.1. The smallest absolute Gasteiger partial charge is 0.258 e. The Hall–Kier alpha value is -2.56. The molecule has 0 saturated carbocycles. The van der Waals surface area contributed by atoms with E-state index in [2.05, 4.69) is 5.32 Å². The fourth-order valence-electron chi connectivity index (χ4n) is 2.34. The molecule has 0 fully saturated rings. The molecule has 0 unspecified atom stereocenters. The lowest BCUT2D eigenvalue weighted by Gasteiger charge is -2.23. The van der Waals surface area contributed by atoms with Crippen LogP contribution in [0, 0.1) is 11.7 Å². The third-order valence-corrected chi connectivity index (χ3v) is 3.64. The summed E-state index contributed by atoms with van der Waals surface area (Å²) in [6, 6.07) is 13.0. The molecule has 4 nitrogen and oxygen atoms in total. The Morgan fingerprint density at radius 1 is 1.04 bits per heavy atom. The standard InChI is InChI=1S/C19H22FNO3/c1-13(2)19(14-4-6-15(20)7-5-14)21-18(22)12-24-17-10-8-16(23-3)9-11-17/h4-11,13,19H,12H2,1-3H3,(H,21,22)/t19-/m0/s1. The highest BCUT2D eigenvalue weighted by Gasteiger charge is 2.18. The lowest BCUT2D eigenvalue weighted by molar-refractivity contribution is -0.124. The van der Waals surface area contributed by atoms with Crippen LogP contribution in [0.4, 0.5) is 4.39 Å². The summed E-state index contributed by atoms with van der Waals surface area (Å²) < 4.78 is 23.6. The largest absolute Gasteiger partial charge is 0.497 e. The van der Waals surface area contributed by atoms with Crippen LogP contribution >= 0.6 is 0 Å². The van der Waals surface area contributed by atoms with Gasteiger partial charge in [-0.15, -0.1) is 0 Å². The molecule has 128 valence electrons. The summed E-state index contributed by atoms with van der Waals surface area (Å²) in [5.74, 6) is 0.960. The van der Waals surface area contributed by atoms with Gasteiger partial charge in [0.15, 0.2) is 6.61 Å². The van der Waals surface area contributed by atoms with Gasteiger partial charge in [-0.25, -0.2) is 4.39 Å². The summed E-state index contributed by atoms with van der Waals surface area (Å²) in [5, 5.41) is 2.93. The number of rotatable bonds is 7. The summed E-state index contributed by atoms with van der Waals surface area (Å²) in [6.45, 7) is 3.91. The van der Waals surface area contributed by atoms with Crippen LogP contribution < -0.4 is 14.8 Å². The number of halogens is 1. The monoisotopic (exact) mass is 331 g/mol. The molecule has 0 aliphatic rings. The number of carbonyl (C=O) groups excluding carboxylic acids is 1. The molecule has 2 rings (SSSR count). The zero-order valence-corrected chi connectivity index (χ0v) is 14.1. The topological polar surface area (TPSA) is 47.6 Å². The van der Waals surface area contributed by atoms with E-state index < -0.39 is 0 Å². The molecule has 1 amide bonds. The lowest BCUT2D eigenvalue weighted by Crippen LogP contribution is -2.35. The van der Waals surface area contributed by atoms with Crippen LogP contribution in [0.2, 0.25) is 0 Å². The Morgan fingerprint density at radius 3 is 2.17 bits per heavy atom. The first kappa shape index (κ1) is 17.8. The average Bonchev–Trinajstić information content (AvgIpc) is 2.59. The summed E-state index contributed by atoms with van der Waals surface area (Å²) >= 11 is 0. The van der Waals surface area contributed by atoms with Gasteiger partial charge in [0, 0.05) is 0 Å². The first-order valence-electron chi connectivity index (χ1n) is 7.81. The van der Waals surface area contributed by atoms with Gasteiger partial charge in [0.1, 0.15) is 17.3 Å². The van der Waals surface area contributed by atoms with Gasteiger partial charge in [-0.1, -0.05) is 26.0 Å². The van der Waals surface area contributed by atoms with E-state index in [1.807, 2.05) is 13.8 Å². The van der Waals surface area contributed by atoms with Gasteiger partial charge in [0.2, 0.25) is 0 Å². The van der Waals surface area contributed by atoms with Gasteiger partial charge in [0.05, 0.1) is 13.2 Å². The SMILES string of the molecule is COc1ccc(OCC(=O)N[C@H](c2ccc(F)cc2)C(C)C)cc1. The third-order valence-electron chi connectivity index (χ3n) is 3.64. The maximum Gasteiger partial charge on any atom is 0.258 e. The quantitative estimate of drug-likeness (QED) is 0.841. The Balaban J connectivity index is 1.93. The fraction of sp³-hybridized carbons (Fsp3) is 0.316. The van der Waals surface area contributed by atoms with E-state index in [9.17, 15) is 9.18 Å². The summed E-state index contributed by atoms with van der Waals surface area (Å²) in [4.78, 5) is 12.2. The molecule has 0 spiro atoms. The van der Waals surface area contributed by atoms with Crippen molar-refractivity contribution in [3.8, 4) is 11.5 Å². The lowest BCUT2D eigenvalue weighted by atomic mass is 9.96. The van der Waals surface area contributed by atoms with E-state index in [0.717, 1.165) is 11.3 Å². The molecule has 0 heterocycles. The van der Waals surface area contributed by atoms with E-state index >= 15 is 0 Å². The molecule has 2 aromatic carbocycles. The van der Waals surface area contributed by atoms with Crippen molar-refractivity contribution in [1.29, 1.82) is 0 Å². The van der Waals surface area contributed by atoms with Crippen LogP contribution in [0.3, 0.4) is 0 Å². The molecule has 1 atom stereocenters. The predicted octanol–water partition coefficient (Wildman–Crippen LogP) is 3.73. The molecule has 5 heteroatoms. The number of ether oxygens (including phenoxy) is 2. The second-order valence-electron chi connectivity index (χ2n) is 5.80. The highest BCUT2D eigenvalue weighted by Crippen LogP contribution is 2.22. The van der Waals surface area contributed by atoms with Crippen LogP contribution in [0.5, 0.6) is 11.5 Å². The highest BCUT2D eigenvalue weighted by molar-refractivity contribution is 5.78. The first-order valence-corrected chi connectivity index (χ1v) is 7.81. The number of amides is 1. The number of hydrogen-bond donors (Lipinski definition) is 1. The predicted molar refractivity (Wildman–Crippen MR) is 90.6 cm³/mol. The van der Waals surface area contributed by atoms with Gasteiger partial charge < -0.3 is 14.8 Å². The fourth-order valence-corrected chi connectivity index (χ4v) is 2.34. The van der Waals surface area contributed by atoms with Crippen LogP contribution in [-0.2, 0) is 4.79 Å². The second-order valence-corrected chi connectivity index (χ2v) is 5.80. The summed E-state index contributed by atoms with van der Waals surface area (Å²) in [5.41, 5.74) is 0.865. The minimum absolute atomic E-state index is 0.0866. The zero-order chi connectivity index (χ0) is 17.5. The van der Waals surface area contributed by atoms with Crippen molar-refractivity contribution in [2.24, 2.45) is 5.92 Å². The maximum absolute atomic E-state index is 13.1. The molecule has 0 aliphatic heterocycles. The van der Waals surface area contributed by atoms with E-state index in [0.29, 0.717) is 5.75 Å². The van der Waals surface area contributed by atoms with E-state index in [4.69, 9.17) is 9.47 Å². The van der Waals surface area contributed by atoms with Gasteiger partial charge in [0.25, 0.3) is 5.91 Å². The molecule has 2 aromatic rings. The van der Waals surface area contributed by atoms with Crippen molar-refractivity contribution in [1.82, 2.24) is 5.32 Å². The minimum Gasteiger partial charge on any atom is -0.497 e. The number of benzene rings is 2. The van der Waals surface area contributed by atoms with Gasteiger partial charge in [-0.05, 0) is 47.9 Å². The normalized spacial score (nSPS) is 11.9. The van der Waals surface area contributed by atoms with Crippen molar-refractivity contribution >= 4 is 5.91 Å². The van der Waals surface area contributed by atoms with E-state index in [-0.39, 0.29) is 30.3 Å². The first-order chi connectivity index (χ1) is 11.5. The molecule has 1 N–H and O–H groups in total. The van der Waals surface area contributed by atoms with Crippen LogP contribution in [0.25, 0.3) is 0 Å². The van der Waals surface area contributed by atoms with Crippen molar-refractivity contribution < 1.29 is 18.7 Å². The molecule has 0 aliphatic carbocycles. The molecule has 24 heavy (non-hydrogen) atoms. The van der Waals surface area contributed by atoms with E-state index in [1.54, 1.807) is 43.5 Å². The minimum atomic E-state index is -0.296. The molecule has 0 bridgehead atoms. The van der Waals surface area contributed by atoms with Crippen molar-refractivity contribution in [3.63, 3.8) is 0 Å². The summed E-state index contributed by atoms with van der Waals surface area (Å²) in [7, 11) is 1.59.